The fraction of sp³-hybridized carbons (Fsp3) is 0.478. The molecule has 0 spiro atoms. The topological polar surface area (TPSA) is 45.2 Å². The maximum atomic E-state index is 10.4. The Morgan fingerprint density at radius 3 is 2.33 bits per heavy atom. The molecule has 0 bridgehead atoms. The third-order valence-corrected chi connectivity index (χ3v) is 5.88. The average Bonchev–Trinajstić information content (AvgIpc) is 2.75. The van der Waals surface area contributed by atoms with Crippen molar-refractivity contribution in [2.24, 2.45) is 0 Å². The maximum Gasteiger partial charge on any atom is 0.137 e. The van der Waals surface area contributed by atoms with Crippen LogP contribution in [0.5, 0.6) is 5.75 Å². The molecule has 1 aliphatic rings. The Hall–Kier alpha value is -1.34. The summed E-state index contributed by atoms with van der Waals surface area (Å²) in [7, 11) is 0. The van der Waals surface area contributed by atoms with E-state index < -0.39 is 6.10 Å². The zero-order valence-corrected chi connectivity index (χ0v) is 18.9. The molecule has 0 amide bonds. The maximum absolute atomic E-state index is 10.4. The minimum Gasteiger partial charge on any atom is -0.491 e. The van der Waals surface area contributed by atoms with E-state index in [1.54, 1.807) is 0 Å². The van der Waals surface area contributed by atoms with Gasteiger partial charge < -0.3 is 14.6 Å². The van der Waals surface area contributed by atoms with E-state index in [9.17, 15) is 5.11 Å². The second-order valence-corrected chi connectivity index (χ2v) is 8.45. The van der Waals surface area contributed by atoms with Gasteiger partial charge in [0.15, 0.2) is 0 Å². The molecule has 2 atom stereocenters. The van der Waals surface area contributed by atoms with Gasteiger partial charge in [-0.3, -0.25) is 9.80 Å². The van der Waals surface area contributed by atoms with Gasteiger partial charge in [0.1, 0.15) is 12.4 Å². The van der Waals surface area contributed by atoms with Crippen LogP contribution in [0, 0.1) is 0 Å². The van der Waals surface area contributed by atoms with Crippen molar-refractivity contribution in [1.82, 2.24) is 9.80 Å². The molecule has 3 rings (SSSR count). The summed E-state index contributed by atoms with van der Waals surface area (Å²) in [4.78, 5) is 4.66. The second-order valence-electron chi connectivity index (χ2n) is 7.60. The Morgan fingerprint density at radius 1 is 0.967 bits per heavy atom. The van der Waals surface area contributed by atoms with Crippen molar-refractivity contribution < 1.29 is 14.6 Å². The molecule has 1 fully saturated rings. The standard InChI is InChI=1S/C23H30Cl2N2O3/c1-18(19-6-8-20(24)9-7-19)30-17-21(28)16-27-12-10-26(11-13-27)14-15-29-23-5-3-2-4-22(23)25/h2-9,18,21,28H,10-17H2,1H3. The number of aliphatic hydroxyl groups excluding tert-OH is 1. The van der Waals surface area contributed by atoms with Gasteiger partial charge in [-0.2, -0.15) is 0 Å². The van der Waals surface area contributed by atoms with Gasteiger partial charge in [0.2, 0.25) is 0 Å². The molecule has 0 saturated carbocycles. The van der Waals surface area contributed by atoms with Gasteiger partial charge in [0, 0.05) is 44.3 Å². The smallest absolute Gasteiger partial charge is 0.137 e. The lowest BCUT2D eigenvalue weighted by Gasteiger charge is -2.35. The van der Waals surface area contributed by atoms with Gasteiger partial charge in [-0.1, -0.05) is 47.5 Å². The first-order chi connectivity index (χ1) is 14.5. The quantitative estimate of drug-likeness (QED) is 0.586. The van der Waals surface area contributed by atoms with Crippen molar-refractivity contribution in [3.05, 3.63) is 64.1 Å². The first-order valence-electron chi connectivity index (χ1n) is 10.4. The molecule has 2 unspecified atom stereocenters. The first kappa shape index (κ1) is 23.3. The van der Waals surface area contributed by atoms with Gasteiger partial charge in [-0.15, -0.1) is 0 Å². The lowest BCUT2D eigenvalue weighted by Crippen LogP contribution is -2.49. The lowest BCUT2D eigenvalue weighted by molar-refractivity contribution is -0.0213. The van der Waals surface area contributed by atoms with Gasteiger partial charge in [-0.05, 0) is 36.8 Å². The molecule has 2 aromatic rings. The number of halogens is 2. The van der Waals surface area contributed by atoms with Crippen LogP contribution in [0.15, 0.2) is 48.5 Å². The molecule has 1 aliphatic heterocycles. The van der Waals surface area contributed by atoms with E-state index in [1.807, 2.05) is 55.5 Å². The fourth-order valence-electron chi connectivity index (χ4n) is 3.48. The predicted molar refractivity (Wildman–Crippen MR) is 122 cm³/mol. The molecule has 5 nitrogen and oxygen atoms in total. The van der Waals surface area contributed by atoms with Crippen LogP contribution in [0.3, 0.4) is 0 Å². The van der Waals surface area contributed by atoms with E-state index in [4.69, 9.17) is 32.7 Å². The molecule has 1 saturated heterocycles. The van der Waals surface area contributed by atoms with Gasteiger partial charge in [0.25, 0.3) is 0 Å². The summed E-state index contributed by atoms with van der Waals surface area (Å²) in [5.41, 5.74) is 1.05. The monoisotopic (exact) mass is 452 g/mol. The number of benzene rings is 2. The van der Waals surface area contributed by atoms with Crippen LogP contribution in [0.4, 0.5) is 0 Å². The molecule has 0 aromatic heterocycles. The molecule has 1 N–H and O–H groups in total. The molecule has 164 valence electrons. The third-order valence-electron chi connectivity index (χ3n) is 5.31. The van der Waals surface area contributed by atoms with Crippen LogP contribution in [-0.2, 0) is 4.74 Å². The SMILES string of the molecule is CC(OCC(O)CN1CCN(CCOc2ccccc2Cl)CC1)c1ccc(Cl)cc1. The Balaban J connectivity index is 1.30. The molecule has 30 heavy (non-hydrogen) atoms. The predicted octanol–water partition coefficient (Wildman–Crippen LogP) is 4.13. The highest BCUT2D eigenvalue weighted by Crippen LogP contribution is 2.23. The normalized spacial score (nSPS) is 17.6. The van der Waals surface area contributed by atoms with Crippen LogP contribution >= 0.6 is 23.2 Å². The summed E-state index contributed by atoms with van der Waals surface area (Å²) in [5.74, 6) is 0.730. The minimum absolute atomic E-state index is 0.0770. The number of piperazine rings is 1. The Bertz CT molecular complexity index is 767. The summed E-state index contributed by atoms with van der Waals surface area (Å²) in [6.07, 6.45) is -0.582. The van der Waals surface area contributed by atoms with Gasteiger partial charge in [-0.25, -0.2) is 0 Å². The van der Waals surface area contributed by atoms with Crippen molar-refractivity contribution in [1.29, 1.82) is 0 Å². The van der Waals surface area contributed by atoms with E-state index >= 15 is 0 Å². The number of rotatable bonds is 10. The molecule has 0 aliphatic carbocycles. The van der Waals surface area contributed by atoms with E-state index in [-0.39, 0.29) is 6.10 Å². The van der Waals surface area contributed by atoms with Crippen molar-refractivity contribution in [3.8, 4) is 5.75 Å². The number of hydrogen-bond donors (Lipinski definition) is 1. The Morgan fingerprint density at radius 2 is 1.63 bits per heavy atom. The summed E-state index contributed by atoms with van der Waals surface area (Å²) in [6.45, 7) is 8.17. The van der Waals surface area contributed by atoms with E-state index in [2.05, 4.69) is 9.80 Å². The number of ether oxygens (including phenoxy) is 2. The largest absolute Gasteiger partial charge is 0.491 e. The van der Waals surface area contributed by atoms with E-state index in [0.717, 1.165) is 44.0 Å². The summed E-state index contributed by atoms with van der Waals surface area (Å²) >= 11 is 12.0. The number of hydrogen-bond acceptors (Lipinski definition) is 5. The minimum atomic E-state index is -0.505. The molecular formula is C23H30Cl2N2O3. The van der Waals surface area contributed by atoms with E-state index in [1.165, 1.54) is 0 Å². The molecule has 0 radical (unpaired) electrons. The summed E-state index contributed by atoms with van der Waals surface area (Å²) in [5, 5.41) is 11.7. The highest BCUT2D eigenvalue weighted by molar-refractivity contribution is 6.32. The van der Waals surface area contributed by atoms with Crippen LogP contribution in [-0.4, -0.2) is 73.5 Å². The summed E-state index contributed by atoms with van der Waals surface area (Å²) in [6, 6.07) is 15.1. The zero-order chi connectivity index (χ0) is 21.3. The van der Waals surface area contributed by atoms with Crippen LogP contribution in [0.2, 0.25) is 10.0 Å². The highest BCUT2D eigenvalue weighted by Gasteiger charge is 2.20. The van der Waals surface area contributed by atoms with Crippen molar-refractivity contribution in [3.63, 3.8) is 0 Å². The van der Waals surface area contributed by atoms with Crippen molar-refractivity contribution in [2.75, 3.05) is 52.5 Å². The van der Waals surface area contributed by atoms with Gasteiger partial charge in [0.05, 0.1) is 23.8 Å². The van der Waals surface area contributed by atoms with Crippen LogP contribution < -0.4 is 4.74 Å². The Labute approximate surface area is 189 Å². The fourth-order valence-corrected chi connectivity index (χ4v) is 3.79. The number of β-amino-alcohol motifs (C(OH)–C–C–N with tert-alkyl or cyclic N) is 1. The molecule has 2 aromatic carbocycles. The molecular weight excluding hydrogens is 423 g/mol. The van der Waals surface area contributed by atoms with Crippen molar-refractivity contribution >= 4 is 23.2 Å². The summed E-state index contributed by atoms with van der Waals surface area (Å²) < 4.78 is 11.6. The molecule has 1 heterocycles. The number of aliphatic hydroxyl groups is 1. The van der Waals surface area contributed by atoms with Crippen LogP contribution in [0.25, 0.3) is 0 Å². The third kappa shape index (κ3) is 7.41. The average molecular weight is 453 g/mol. The zero-order valence-electron chi connectivity index (χ0n) is 17.3. The van der Waals surface area contributed by atoms with Crippen molar-refractivity contribution in [2.45, 2.75) is 19.1 Å². The Kier molecular flexibility index (Phi) is 9.25. The van der Waals surface area contributed by atoms with E-state index in [0.29, 0.717) is 29.8 Å². The van der Waals surface area contributed by atoms with Crippen LogP contribution in [0.1, 0.15) is 18.6 Å². The first-order valence-corrected chi connectivity index (χ1v) is 11.1. The number of para-hydroxylation sites is 1. The lowest BCUT2D eigenvalue weighted by atomic mass is 10.1. The second kappa shape index (κ2) is 11.9. The molecule has 7 heteroatoms. The highest BCUT2D eigenvalue weighted by atomic mass is 35.5. The van der Waals surface area contributed by atoms with Gasteiger partial charge >= 0.3 is 0 Å². The number of nitrogens with zero attached hydrogens (tertiary/aromatic N) is 2.